The van der Waals surface area contributed by atoms with Crippen LogP contribution in [-0.4, -0.2) is 108 Å². The first-order valence-electron chi connectivity index (χ1n) is 25.0. The number of aldehydes is 1. The van der Waals surface area contributed by atoms with Gasteiger partial charge in [0.05, 0.1) is 43.9 Å². The van der Waals surface area contributed by atoms with Gasteiger partial charge in [-0.2, -0.15) is 0 Å². The highest BCUT2D eigenvalue weighted by atomic mass is 19.3. The van der Waals surface area contributed by atoms with E-state index in [0.29, 0.717) is 36.9 Å². The summed E-state index contributed by atoms with van der Waals surface area (Å²) in [7, 11) is 3.33. The first-order chi connectivity index (χ1) is 39.4. The summed E-state index contributed by atoms with van der Waals surface area (Å²) in [5.74, 6) is -8.49. The minimum Gasteiger partial charge on any atom is -0.469 e. The molecule has 0 bridgehead atoms. The van der Waals surface area contributed by atoms with Crippen LogP contribution < -0.4 is 16.4 Å². The van der Waals surface area contributed by atoms with Gasteiger partial charge in [-0.1, -0.05) is 36.4 Å². The summed E-state index contributed by atoms with van der Waals surface area (Å²) in [6.45, 7) is -3.20. The van der Waals surface area contributed by atoms with Crippen molar-refractivity contribution in [3.63, 3.8) is 0 Å². The van der Waals surface area contributed by atoms with E-state index in [1.165, 1.54) is 42.5 Å². The topological polar surface area (TPSA) is 214 Å². The smallest absolute Gasteiger partial charge is 0.336 e. The number of hydrogen-bond acceptors (Lipinski definition) is 14. The molecule has 0 fully saturated rings. The molecule has 3 aromatic rings. The monoisotopic (exact) mass is 1190 g/mol. The number of rotatable bonds is 16. The Morgan fingerprint density at radius 1 is 0.590 bits per heavy atom. The molecule has 0 saturated heterocycles. The molecule has 14 nitrogen and oxygen atoms in total. The third-order valence-electron chi connectivity index (χ3n) is 13.0. The van der Waals surface area contributed by atoms with Crippen LogP contribution in [-0.2, 0) is 67.0 Å². The Balaban J connectivity index is 0.000000245. The van der Waals surface area contributed by atoms with Crippen LogP contribution in [0.25, 0.3) is 0 Å². The maximum Gasteiger partial charge on any atom is 0.336 e. The van der Waals surface area contributed by atoms with Crippen molar-refractivity contribution in [2.24, 2.45) is 5.73 Å². The number of benzene rings is 3. The van der Waals surface area contributed by atoms with Crippen LogP contribution in [0.15, 0.2) is 111 Å². The second kappa shape index (κ2) is 31.8. The number of methoxy groups -OCH3 is 3. The Labute approximate surface area is 466 Å². The standard InChI is InChI=1S/2C19H17F4NO3.C9H7F3O.C5H7FO3.C5H7NO/c2*1-27-19(26)18-13(8-20)24-12-5-6-14(25)17(12)16(18)9-3-2-4-11(21)10(9)7-15(22)23;10-8-3-1-2-6(5-13)7(8)4-9(11)12;1-9-5(8)2-4(7)3-6;6-4-1-2-5(7)3-4/h2*2-4,15-16,24H,5-8H2,1H3;1-3,5,9H,4H2;2-3H2,1H3;3H,1-2,6H2/t2*16-;;;/m10.../s1. The minimum absolute atomic E-state index is 0.0136. The summed E-state index contributed by atoms with van der Waals surface area (Å²) in [5, 5.41) is 5.51. The van der Waals surface area contributed by atoms with Crippen LogP contribution in [0, 0.1) is 17.5 Å². The molecule has 0 unspecified atom stereocenters. The summed E-state index contributed by atoms with van der Waals surface area (Å²) in [4.78, 5) is 90.6. The third kappa shape index (κ3) is 17.6. The number of alkyl halides is 9. The number of carbonyl (C=O) groups is 8. The molecular weight excluding hydrogens is 1130 g/mol. The maximum absolute atomic E-state index is 14.3. The second-order valence-electron chi connectivity index (χ2n) is 18.2. The summed E-state index contributed by atoms with van der Waals surface area (Å²) in [5.41, 5.74) is 5.86. The lowest BCUT2D eigenvalue weighted by Gasteiger charge is -2.30. The largest absolute Gasteiger partial charge is 0.469 e. The number of Topliss-reactive ketones (excluding diaryl/α,β-unsaturated/α-hetero) is 3. The van der Waals surface area contributed by atoms with Gasteiger partial charge in [-0.25, -0.2) is 62.3 Å². The van der Waals surface area contributed by atoms with Gasteiger partial charge in [0.1, 0.15) is 50.2 Å². The molecule has 0 amide bonds. The predicted molar refractivity (Wildman–Crippen MR) is 272 cm³/mol. The van der Waals surface area contributed by atoms with Crippen molar-refractivity contribution >= 4 is 47.3 Å². The van der Waals surface area contributed by atoms with E-state index < -0.39 is 118 Å². The van der Waals surface area contributed by atoms with E-state index >= 15 is 0 Å². The fourth-order valence-electron chi connectivity index (χ4n) is 9.34. The number of halogens is 12. The lowest BCUT2D eigenvalue weighted by atomic mass is 9.78. The van der Waals surface area contributed by atoms with Crippen molar-refractivity contribution in [1.29, 1.82) is 0 Å². The Kier molecular flexibility index (Phi) is 25.7. The Hall–Kier alpha value is -8.32. The quantitative estimate of drug-likeness (QED) is 0.0401. The highest BCUT2D eigenvalue weighted by Gasteiger charge is 2.44. The van der Waals surface area contributed by atoms with Crippen molar-refractivity contribution in [1.82, 2.24) is 10.6 Å². The molecule has 26 heteroatoms. The highest BCUT2D eigenvalue weighted by molar-refractivity contribution is 6.06. The van der Waals surface area contributed by atoms with Gasteiger partial charge in [0.2, 0.25) is 19.3 Å². The van der Waals surface area contributed by atoms with Crippen molar-refractivity contribution in [2.45, 2.75) is 95.3 Å². The summed E-state index contributed by atoms with van der Waals surface area (Å²) < 4.78 is 170. The number of ether oxygens (including phenoxy) is 3. The van der Waals surface area contributed by atoms with Gasteiger partial charge < -0.3 is 30.6 Å². The summed E-state index contributed by atoms with van der Waals surface area (Å²) in [6, 6.07) is 11.1. The van der Waals surface area contributed by atoms with E-state index in [2.05, 4.69) is 15.4 Å². The Bertz CT molecular complexity index is 2960. The zero-order chi connectivity index (χ0) is 61.8. The van der Waals surface area contributed by atoms with E-state index in [4.69, 9.17) is 15.2 Å². The van der Waals surface area contributed by atoms with E-state index in [9.17, 15) is 91.0 Å². The molecule has 4 N–H and O–H groups in total. The molecule has 5 aliphatic rings. The summed E-state index contributed by atoms with van der Waals surface area (Å²) >= 11 is 0. The number of hydrogen-bond donors (Lipinski definition) is 3. The molecule has 2 aliphatic heterocycles. The molecule has 0 spiro atoms. The molecule has 0 aromatic heterocycles. The normalized spacial score (nSPS) is 16.9. The van der Waals surface area contributed by atoms with Gasteiger partial charge in [-0.3, -0.25) is 28.8 Å². The van der Waals surface area contributed by atoms with Crippen LogP contribution in [0.4, 0.5) is 52.7 Å². The van der Waals surface area contributed by atoms with Gasteiger partial charge in [0.25, 0.3) is 0 Å². The van der Waals surface area contributed by atoms with E-state index in [1.54, 1.807) is 0 Å². The maximum atomic E-state index is 14.3. The van der Waals surface area contributed by atoms with Gasteiger partial charge in [0, 0.05) is 89.7 Å². The molecule has 83 heavy (non-hydrogen) atoms. The minimum atomic E-state index is -2.83. The van der Waals surface area contributed by atoms with Crippen LogP contribution in [0.3, 0.4) is 0 Å². The van der Waals surface area contributed by atoms with Crippen LogP contribution >= 0.6 is 0 Å². The van der Waals surface area contributed by atoms with Gasteiger partial charge >= 0.3 is 17.9 Å². The zero-order valence-electron chi connectivity index (χ0n) is 44.5. The number of nitrogens with two attached hydrogens (primary N) is 1. The summed E-state index contributed by atoms with van der Waals surface area (Å²) in [6.07, 6.45) is -7.12. The number of esters is 3. The van der Waals surface area contributed by atoms with E-state index in [1.807, 2.05) is 0 Å². The fourth-order valence-corrected chi connectivity index (χ4v) is 9.34. The van der Waals surface area contributed by atoms with Crippen LogP contribution in [0.2, 0.25) is 0 Å². The molecule has 448 valence electrons. The number of allylic oxidation sites excluding steroid dienone is 8. The highest BCUT2D eigenvalue weighted by Crippen LogP contribution is 2.47. The number of ketones is 4. The van der Waals surface area contributed by atoms with E-state index in [0.717, 1.165) is 51.6 Å². The Morgan fingerprint density at radius 3 is 1.33 bits per heavy atom. The number of carbonyl (C=O) groups excluding carboxylic acids is 8. The lowest BCUT2D eigenvalue weighted by molar-refractivity contribution is -0.144. The molecule has 2 atom stereocenters. The zero-order valence-corrected chi connectivity index (χ0v) is 44.5. The molecule has 2 heterocycles. The van der Waals surface area contributed by atoms with Gasteiger partial charge in [-0.05, 0) is 65.8 Å². The third-order valence-corrected chi connectivity index (χ3v) is 13.0. The fraction of sp³-hybridized carbons (Fsp3) is 0.368. The number of nitrogens with one attached hydrogen (secondary N) is 2. The van der Waals surface area contributed by atoms with Gasteiger partial charge in [0.15, 0.2) is 23.1 Å². The van der Waals surface area contributed by atoms with Crippen molar-refractivity contribution in [2.75, 3.05) is 41.4 Å². The number of dihydropyridines is 2. The average molecular weight is 1190 g/mol. The molecule has 3 aliphatic carbocycles. The van der Waals surface area contributed by atoms with Crippen molar-refractivity contribution in [3.8, 4) is 0 Å². The molecular formula is C57H55F12N3O11. The average Bonchev–Trinajstić information content (AvgIpc) is 2.27. The van der Waals surface area contributed by atoms with Gasteiger partial charge in [-0.15, -0.1) is 0 Å². The molecule has 0 radical (unpaired) electrons. The van der Waals surface area contributed by atoms with Crippen molar-refractivity contribution in [3.05, 3.63) is 162 Å². The molecule has 0 saturated carbocycles. The lowest BCUT2D eigenvalue weighted by Crippen LogP contribution is -2.32. The predicted octanol–water partition coefficient (Wildman–Crippen LogP) is 9.39. The van der Waals surface area contributed by atoms with Crippen LogP contribution in [0.1, 0.15) is 95.0 Å². The van der Waals surface area contributed by atoms with E-state index in [-0.39, 0.29) is 97.3 Å². The SMILES string of the molecule is COC(=O)C1=C(CF)NC2=C(C(=O)CC2)[C@@H]1c1cccc(F)c1CC(F)F.COC(=O)C1=C(CF)NC2=C(C(=O)CC2)[C@H]1c1cccc(F)c1CC(F)F.COC(=O)CC(=O)CF.NC1=CC(=O)CC1.O=Cc1cccc(F)c1CC(F)F. The Morgan fingerprint density at radius 2 is 1.00 bits per heavy atom. The second-order valence-corrected chi connectivity index (χ2v) is 18.2. The van der Waals surface area contributed by atoms with Crippen LogP contribution in [0.5, 0.6) is 0 Å². The first kappa shape index (κ1) is 67.2. The first-order valence-corrected chi connectivity index (χ1v) is 25.0. The molecule has 3 aromatic carbocycles. The van der Waals surface area contributed by atoms with Crippen molar-refractivity contribution < 1.29 is 105 Å². The molecule has 8 rings (SSSR count).